The van der Waals surface area contributed by atoms with Crippen molar-refractivity contribution in [2.45, 2.75) is 71.1 Å². The van der Waals surface area contributed by atoms with Crippen LogP contribution in [-0.2, 0) is 30.4 Å². The highest BCUT2D eigenvalue weighted by Crippen LogP contribution is 2.19. The molecule has 0 saturated carbocycles. The standard InChI is InChI=1S/C26H38N6O6/c1-13(2)9-20(26(37)38)31-25(36)22(14(3)4)32-24(35)19(11-21(28)33)30-23(34)17(27)10-15-12-29-18-8-6-5-7-16(15)18/h5-8,12-14,17,19-20,22,29H,9-11,27H2,1-4H3,(H2,28,33)(H,30,34)(H,31,36)(H,32,35)(H,37,38). The lowest BCUT2D eigenvalue weighted by Gasteiger charge is -2.27. The highest BCUT2D eigenvalue weighted by atomic mass is 16.4. The molecule has 4 unspecified atom stereocenters. The fourth-order valence-electron chi connectivity index (χ4n) is 4.06. The molecule has 4 amide bonds. The number of hydrogen-bond donors (Lipinski definition) is 7. The second-order valence-electron chi connectivity index (χ2n) is 10.2. The van der Waals surface area contributed by atoms with Crippen LogP contribution < -0.4 is 27.4 Å². The Labute approximate surface area is 221 Å². The highest BCUT2D eigenvalue weighted by Gasteiger charge is 2.32. The molecule has 4 atom stereocenters. The number of aliphatic carboxylic acids is 1. The molecule has 38 heavy (non-hydrogen) atoms. The summed E-state index contributed by atoms with van der Waals surface area (Å²) in [4.78, 5) is 65.1. The van der Waals surface area contributed by atoms with E-state index in [0.717, 1.165) is 16.5 Å². The van der Waals surface area contributed by atoms with Gasteiger partial charge in [-0.3, -0.25) is 19.2 Å². The fraction of sp³-hybridized carbons (Fsp3) is 0.500. The van der Waals surface area contributed by atoms with E-state index in [0.29, 0.717) is 0 Å². The molecule has 2 aromatic rings. The van der Waals surface area contributed by atoms with Crippen molar-refractivity contribution >= 4 is 40.5 Å². The maximum atomic E-state index is 13.1. The molecule has 1 heterocycles. The topological polar surface area (TPSA) is 209 Å². The van der Waals surface area contributed by atoms with E-state index >= 15 is 0 Å². The van der Waals surface area contributed by atoms with Crippen molar-refractivity contribution in [2.24, 2.45) is 23.3 Å². The van der Waals surface area contributed by atoms with Crippen LogP contribution in [0.3, 0.4) is 0 Å². The normalized spacial score (nSPS) is 14.5. The van der Waals surface area contributed by atoms with E-state index in [4.69, 9.17) is 11.5 Å². The maximum absolute atomic E-state index is 13.1. The van der Waals surface area contributed by atoms with Crippen LogP contribution in [0.4, 0.5) is 0 Å². The number of primary amides is 1. The number of amides is 4. The van der Waals surface area contributed by atoms with E-state index in [2.05, 4.69) is 20.9 Å². The molecule has 12 nitrogen and oxygen atoms in total. The van der Waals surface area contributed by atoms with Crippen LogP contribution in [0, 0.1) is 11.8 Å². The molecule has 1 aromatic heterocycles. The summed E-state index contributed by atoms with van der Waals surface area (Å²) in [6.07, 6.45) is 1.61. The number of hydrogen-bond acceptors (Lipinski definition) is 6. The van der Waals surface area contributed by atoms with Crippen LogP contribution in [-0.4, -0.2) is 63.9 Å². The van der Waals surface area contributed by atoms with Crippen molar-refractivity contribution < 1.29 is 29.1 Å². The minimum atomic E-state index is -1.38. The number of carboxylic acid groups (broad SMARTS) is 1. The van der Waals surface area contributed by atoms with Gasteiger partial charge >= 0.3 is 5.97 Å². The summed E-state index contributed by atoms with van der Waals surface area (Å²) in [5.41, 5.74) is 13.1. The summed E-state index contributed by atoms with van der Waals surface area (Å²) in [6.45, 7) is 6.98. The smallest absolute Gasteiger partial charge is 0.326 e. The van der Waals surface area contributed by atoms with Gasteiger partial charge in [-0.15, -0.1) is 0 Å². The summed E-state index contributed by atoms with van der Waals surface area (Å²) >= 11 is 0. The van der Waals surface area contributed by atoms with E-state index in [1.807, 2.05) is 38.1 Å². The zero-order chi connectivity index (χ0) is 28.6. The van der Waals surface area contributed by atoms with Gasteiger partial charge in [0, 0.05) is 17.1 Å². The minimum Gasteiger partial charge on any atom is -0.480 e. The van der Waals surface area contributed by atoms with Crippen LogP contribution in [0.2, 0.25) is 0 Å². The van der Waals surface area contributed by atoms with Gasteiger partial charge in [-0.05, 0) is 36.3 Å². The molecule has 0 aliphatic rings. The first kappa shape index (κ1) is 30.3. The van der Waals surface area contributed by atoms with Crippen molar-refractivity contribution in [3.8, 4) is 0 Å². The Kier molecular flexibility index (Phi) is 10.8. The van der Waals surface area contributed by atoms with Crippen molar-refractivity contribution in [1.82, 2.24) is 20.9 Å². The molecule has 0 aliphatic heterocycles. The van der Waals surface area contributed by atoms with Crippen LogP contribution >= 0.6 is 0 Å². The molecule has 12 heteroatoms. The Morgan fingerprint density at radius 3 is 2.13 bits per heavy atom. The minimum absolute atomic E-state index is 0.00659. The molecule has 2 rings (SSSR count). The van der Waals surface area contributed by atoms with E-state index in [-0.39, 0.29) is 18.8 Å². The van der Waals surface area contributed by atoms with E-state index < -0.39 is 66.1 Å². The van der Waals surface area contributed by atoms with Gasteiger partial charge in [0.1, 0.15) is 18.1 Å². The first-order valence-electron chi connectivity index (χ1n) is 12.5. The number of H-pyrrole nitrogens is 1. The number of benzene rings is 1. The lowest BCUT2D eigenvalue weighted by atomic mass is 9.99. The van der Waals surface area contributed by atoms with E-state index in [1.54, 1.807) is 20.0 Å². The van der Waals surface area contributed by atoms with Gasteiger partial charge in [0.25, 0.3) is 0 Å². The zero-order valence-electron chi connectivity index (χ0n) is 22.1. The first-order chi connectivity index (χ1) is 17.8. The van der Waals surface area contributed by atoms with Crippen LogP contribution in [0.15, 0.2) is 30.5 Å². The molecular formula is C26H38N6O6. The number of aromatic amines is 1. The molecule has 0 saturated heterocycles. The van der Waals surface area contributed by atoms with Gasteiger partial charge in [0.2, 0.25) is 23.6 Å². The van der Waals surface area contributed by atoms with E-state index in [1.165, 1.54) is 0 Å². The third kappa shape index (κ3) is 8.58. The maximum Gasteiger partial charge on any atom is 0.326 e. The molecule has 0 bridgehead atoms. The number of rotatable bonds is 14. The predicted octanol–water partition coefficient (Wildman–Crippen LogP) is 0.154. The lowest BCUT2D eigenvalue weighted by Crippen LogP contribution is -2.59. The average molecular weight is 531 g/mol. The quantitative estimate of drug-likeness (QED) is 0.180. The molecule has 9 N–H and O–H groups in total. The van der Waals surface area contributed by atoms with Crippen LogP contribution in [0.5, 0.6) is 0 Å². The number of nitrogens with two attached hydrogens (primary N) is 2. The van der Waals surface area contributed by atoms with Gasteiger partial charge in [-0.25, -0.2) is 4.79 Å². The van der Waals surface area contributed by atoms with Crippen molar-refractivity contribution in [3.05, 3.63) is 36.0 Å². The van der Waals surface area contributed by atoms with Gasteiger partial charge in [0.15, 0.2) is 0 Å². The molecule has 0 radical (unpaired) electrons. The van der Waals surface area contributed by atoms with Crippen LogP contribution in [0.1, 0.15) is 46.1 Å². The van der Waals surface area contributed by atoms with Gasteiger partial charge < -0.3 is 37.5 Å². The Bertz CT molecular complexity index is 1160. The van der Waals surface area contributed by atoms with Crippen molar-refractivity contribution in [3.63, 3.8) is 0 Å². The number of carbonyl (C=O) groups is 5. The molecule has 0 fully saturated rings. The summed E-state index contributed by atoms with van der Waals surface area (Å²) in [6, 6.07) is 2.85. The molecule has 0 spiro atoms. The summed E-state index contributed by atoms with van der Waals surface area (Å²) in [5, 5.41) is 17.8. The predicted molar refractivity (Wildman–Crippen MR) is 142 cm³/mol. The number of fused-ring (bicyclic) bond motifs is 1. The number of nitrogens with one attached hydrogen (secondary N) is 4. The van der Waals surface area contributed by atoms with E-state index in [9.17, 15) is 29.1 Å². The molecule has 0 aliphatic carbocycles. The Hall–Kier alpha value is -3.93. The Morgan fingerprint density at radius 1 is 0.921 bits per heavy atom. The average Bonchev–Trinajstić information content (AvgIpc) is 3.23. The molecule has 208 valence electrons. The third-order valence-electron chi connectivity index (χ3n) is 6.06. The van der Waals surface area contributed by atoms with Crippen molar-refractivity contribution in [2.75, 3.05) is 0 Å². The largest absolute Gasteiger partial charge is 0.480 e. The summed E-state index contributed by atoms with van der Waals surface area (Å²) in [5.74, 6) is -4.64. The summed E-state index contributed by atoms with van der Waals surface area (Å²) < 4.78 is 0. The second kappa shape index (κ2) is 13.6. The lowest BCUT2D eigenvalue weighted by molar-refractivity contribution is -0.143. The number of aromatic nitrogens is 1. The third-order valence-corrected chi connectivity index (χ3v) is 6.06. The van der Waals surface area contributed by atoms with Gasteiger partial charge in [0.05, 0.1) is 12.5 Å². The fourth-order valence-corrected chi connectivity index (χ4v) is 4.06. The highest BCUT2D eigenvalue weighted by molar-refractivity contribution is 5.96. The second-order valence-corrected chi connectivity index (χ2v) is 10.2. The monoisotopic (exact) mass is 530 g/mol. The van der Waals surface area contributed by atoms with Crippen LogP contribution in [0.25, 0.3) is 10.9 Å². The Balaban J connectivity index is 2.11. The number of carboxylic acids is 1. The molecular weight excluding hydrogens is 492 g/mol. The zero-order valence-corrected chi connectivity index (χ0v) is 22.1. The number of carbonyl (C=O) groups excluding carboxylic acids is 4. The van der Waals surface area contributed by atoms with Crippen molar-refractivity contribution in [1.29, 1.82) is 0 Å². The molecule has 1 aromatic carbocycles. The Morgan fingerprint density at radius 2 is 1.55 bits per heavy atom. The SMILES string of the molecule is CC(C)CC(NC(=O)C(NC(=O)C(CC(N)=O)NC(=O)C(N)Cc1c[nH]c2ccccc12)C(C)C)C(=O)O. The number of para-hydroxylation sites is 1. The van der Waals surface area contributed by atoms with Gasteiger partial charge in [-0.2, -0.15) is 0 Å². The summed E-state index contributed by atoms with van der Waals surface area (Å²) in [7, 11) is 0. The first-order valence-corrected chi connectivity index (χ1v) is 12.5. The van der Waals surface area contributed by atoms with Gasteiger partial charge in [-0.1, -0.05) is 45.9 Å².